The fourth-order valence-corrected chi connectivity index (χ4v) is 15.3. The lowest BCUT2D eigenvalue weighted by Gasteiger charge is -2.48. The van der Waals surface area contributed by atoms with E-state index >= 15 is 9.18 Å². The topological polar surface area (TPSA) is 252 Å². The van der Waals surface area contributed by atoms with Gasteiger partial charge in [-0.05, 0) is 147 Å². The normalized spacial score (nSPS) is 22.5. The SMILES string of the molecule is Cc1cc(F)c(Nc2nc(-c3ccc4c(c3)N(C3CC(N5CCCCC5)C3)C(=O)C43CCN(C(=O)[C@@H]4CCN(C(=O)c5cnc(N6CCN(c7cccc8c7C(=O)N(C7CCC(=O)NC7=O)C8=O)CC6)cn5)C4)CC3)cc3ncn(C(C)C)c23)cc1C(=O)NC(C)C. The number of imide groups is 2. The van der Waals surface area contributed by atoms with Crippen LogP contribution < -0.4 is 30.7 Å². The van der Waals surface area contributed by atoms with Crippen molar-refractivity contribution in [1.29, 1.82) is 0 Å². The lowest BCUT2D eigenvalue weighted by Crippen LogP contribution is -2.58. The molecule has 1 saturated carbocycles. The van der Waals surface area contributed by atoms with E-state index in [2.05, 4.69) is 47.9 Å². The van der Waals surface area contributed by atoms with Gasteiger partial charge in [-0.3, -0.25) is 48.6 Å². The number of piperidine rings is 3. The van der Waals surface area contributed by atoms with Crippen molar-refractivity contribution in [3.63, 3.8) is 0 Å². The number of aromatic nitrogens is 5. The third-order valence-electron chi connectivity index (χ3n) is 20.4. The number of benzene rings is 3. The molecule has 3 aromatic carbocycles. The summed E-state index contributed by atoms with van der Waals surface area (Å²) in [5.74, 6) is -2.82. The number of amides is 8. The molecule has 478 valence electrons. The van der Waals surface area contributed by atoms with Gasteiger partial charge in [0.15, 0.2) is 5.82 Å². The second-order valence-electron chi connectivity index (χ2n) is 26.7. The summed E-state index contributed by atoms with van der Waals surface area (Å²) in [6, 6.07) is 15.3. The molecule has 24 heteroatoms. The van der Waals surface area contributed by atoms with Gasteiger partial charge in [-0.1, -0.05) is 24.6 Å². The number of hydrogen-bond donors (Lipinski definition) is 3. The van der Waals surface area contributed by atoms with Gasteiger partial charge in [0, 0.05) is 99.8 Å². The molecule has 10 heterocycles. The van der Waals surface area contributed by atoms with E-state index in [4.69, 9.17) is 9.97 Å². The summed E-state index contributed by atoms with van der Waals surface area (Å²) >= 11 is 0. The zero-order valence-electron chi connectivity index (χ0n) is 52.5. The van der Waals surface area contributed by atoms with Crippen molar-refractivity contribution in [1.82, 2.24) is 54.7 Å². The van der Waals surface area contributed by atoms with Crippen LogP contribution in [0.1, 0.15) is 151 Å². The summed E-state index contributed by atoms with van der Waals surface area (Å²) in [5.41, 5.74) is 5.76. The average Bonchev–Trinajstić information content (AvgIpc) is 1.56. The van der Waals surface area contributed by atoms with Crippen molar-refractivity contribution in [3.05, 3.63) is 113 Å². The van der Waals surface area contributed by atoms with Gasteiger partial charge in [-0.15, -0.1) is 0 Å². The Labute approximate surface area is 532 Å². The fraction of sp³-hybridized carbons (Fsp3) is 0.471. The van der Waals surface area contributed by atoms with E-state index in [0.717, 1.165) is 47.6 Å². The van der Waals surface area contributed by atoms with Crippen LogP contribution in [-0.4, -0.2) is 181 Å². The molecule has 92 heavy (non-hydrogen) atoms. The predicted octanol–water partition coefficient (Wildman–Crippen LogP) is 6.91. The number of aryl methyl sites for hydroxylation is 1. The highest BCUT2D eigenvalue weighted by Crippen LogP contribution is 2.53. The number of carbonyl (C=O) groups is 8. The molecule has 14 rings (SSSR count). The highest BCUT2D eigenvalue weighted by Gasteiger charge is 2.56. The van der Waals surface area contributed by atoms with Crippen molar-refractivity contribution in [2.45, 2.75) is 134 Å². The van der Waals surface area contributed by atoms with Crippen molar-refractivity contribution in [2.75, 3.05) is 85.5 Å². The smallest absolute Gasteiger partial charge is 0.274 e. The Morgan fingerprint density at radius 2 is 1.51 bits per heavy atom. The Morgan fingerprint density at radius 1 is 0.750 bits per heavy atom. The van der Waals surface area contributed by atoms with Crippen LogP contribution in [0.25, 0.3) is 22.3 Å². The van der Waals surface area contributed by atoms with Crippen molar-refractivity contribution >= 4 is 87.0 Å². The second kappa shape index (κ2) is 23.8. The van der Waals surface area contributed by atoms with Gasteiger partial charge in [-0.25, -0.2) is 24.3 Å². The lowest BCUT2D eigenvalue weighted by atomic mass is 9.73. The van der Waals surface area contributed by atoms with E-state index in [-0.39, 0.29) is 83.6 Å². The summed E-state index contributed by atoms with van der Waals surface area (Å²) in [4.78, 5) is 142. The van der Waals surface area contributed by atoms with Crippen LogP contribution in [-0.2, 0) is 24.6 Å². The molecule has 8 aliphatic rings. The average molecular weight is 1250 g/mol. The van der Waals surface area contributed by atoms with Gasteiger partial charge in [0.05, 0.1) is 63.8 Å². The van der Waals surface area contributed by atoms with Gasteiger partial charge in [0.25, 0.3) is 23.6 Å². The number of nitrogens with one attached hydrogen (secondary N) is 3. The van der Waals surface area contributed by atoms with Gasteiger partial charge in [0.1, 0.15) is 28.9 Å². The van der Waals surface area contributed by atoms with E-state index < -0.39 is 46.8 Å². The number of nitrogens with zero attached hydrogens (tertiary/aromatic N) is 12. The molecule has 1 aliphatic carbocycles. The zero-order valence-corrected chi connectivity index (χ0v) is 52.5. The van der Waals surface area contributed by atoms with Gasteiger partial charge < -0.3 is 44.6 Å². The van der Waals surface area contributed by atoms with Crippen LogP contribution in [0.3, 0.4) is 0 Å². The first kappa shape index (κ1) is 60.4. The number of halogens is 1. The molecule has 0 bridgehead atoms. The number of fused-ring (bicyclic) bond motifs is 4. The number of carbonyl (C=O) groups excluding carboxylic acids is 8. The van der Waals surface area contributed by atoms with Crippen molar-refractivity contribution in [3.8, 4) is 11.3 Å². The molecule has 7 aliphatic heterocycles. The lowest BCUT2D eigenvalue weighted by molar-refractivity contribution is -0.139. The second-order valence-corrected chi connectivity index (χ2v) is 26.7. The van der Waals surface area contributed by atoms with Crippen LogP contribution in [0.5, 0.6) is 0 Å². The summed E-state index contributed by atoms with van der Waals surface area (Å²) in [6.45, 7) is 15.0. The maximum Gasteiger partial charge on any atom is 0.274 e. The van der Waals surface area contributed by atoms with Gasteiger partial charge in [0.2, 0.25) is 23.6 Å². The van der Waals surface area contributed by atoms with E-state index in [1.54, 1.807) is 42.5 Å². The number of anilines is 5. The molecule has 6 aromatic rings. The third kappa shape index (κ3) is 10.6. The molecule has 1 unspecified atom stereocenters. The number of piperazine rings is 1. The fourth-order valence-electron chi connectivity index (χ4n) is 15.3. The van der Waals surface area contributed by atoms with Crippen LogP contribution in [0, 0.1) is 18.7 Å². The number of hydrogen-bond acceptors (Lipinski definition) is 16. The first-order valence-electron chi connectivity index (χ1n) is 32.6. The summed E-state index contributed by atoms with van der Waals surface area (Å²) < 4.78 is 18.0. The standard InChI is InChI=1S/C68H76FN15O8/c1-38(2)73-61(86)46-32-50(48(69)28-40(46)5)75-60-59-51(72-37-82(59)39(3)4)33-49(74-60)41-12-13-47-55(29-41)83(44-30-43(31-44)77-19-7-6-8-20-77)67(92)68(47)17-22-80(23-18-68)63(88)42-16-21-81(36-42)65(90)52-34-71-56(35-70-52)79-26-24-78(25-27-79)53-11-9-10-45-58(53)66(91)84(64(45)89)54-14-15-57(85)76-62(54)87/h9-13,28-29,32-35,37-39,42-44,54H,6-8,14-27,30-31,36H2,1-5H3,(H,73,86)(H,74,75)(H,76,85,87)/t42-,43?,44?,54?/m1/s1. The third-order valence-corrected chi connectivity index (χ3v) is 20.4. The minimum Gasteiger partial charge on any atom is -0.367 e. The number of likely N-dealkylation sites (tertiary alicyclic amines) is 3. The van der Waals surface area contributed by atoms with Gasteiger partial charge >= 0.3 is 0 Å². The Morgan fingerprint density at radius 3 is 2.23 bits per heavy atom. The van der Waals surface area contributed by atoms with Crippen LogP contribution >= 0.6 is 0 Å². The Balaban J connectivity index is 0.648. The number of pyridine rings is 1. The molecule has 2 atom stereocenters. The first-order valence-corrected chi connectivity index (χ1v) is 32.6. The summed E-state index contributed by atoms with van der Waals surface area (Å²) in [6.07, 6.45) is 11.6. The Hall–Kier alpha value is -9.19. The molecule has 1 spiro atoms. The number of imidazole rings is 1. The van der Waals surface area contributed by atoms with Crippen molar-refractivity contribution < 1.29 is 42.7 Å². The zero-order chi connectivity index (χ0) is 64.0. The van der Waals surface area contributed by atoms with Crippen LogP contribution in [0.4, 0.5) is 33.1 Å². The van der Waals surface area contributed by atoms with E-state index in [9.17, 15) is 33.6 Å². The highest BCUT2D eigenvalue weighted by atomic mass is 19.1. The molecule has 5 saturated heterocycles. The molecular weight excluding hydrogens is 1170 g/mol. The molecule has 8 amide bonds. The molecular formula is C68H76FN15O8. The Bertz CT molecular complexity index is 4030. The van der Waals surface area contributed by atoms with E-state index in [1.165, 1.54) is 37.6 Å². The quantitative estimate of drug-likeness (QED) is 0.0993. The molecule has 3 N–H and O–H groups in total. The van der Waals surface area contributed by atoms with Gasteiger partial charge in [-0.2, -0.15) is 0 Å². The first-order chi connectivity index (χ1) is 44.3. The Kier molecular flexibility index (Phi) is 15.6. The van der Waals surface area contributed by atoms with Crippen molar-refractivity contribution in [2.24, 2.45) is 5.92 Å². The maximum absolute atomic E-state index is 16.0. The van der Waals surface area contributed by atoms with E-state index in [0.29, 0.717) is 116 Å². The molecule has 3 aromatic heterocycles. The maximum atomic E-state index is 16.0. The summed E-state index contributed by atoms with van der Waals surface area (Å²) in [7, 11) is 0. The van der Waals surface area contributed by atoms with E-state index in [1.807, 2.05) is 59.1 Å². The minimum absolute atomic E-state index is 0.00317. The molecule has 0 radical (unpaired) electrons. The molecule has 23 nitrogen and oxygen atoms in total. The van der Waals surface area contributed by atoms with Crippen LogP contribution in [0.15, 0.2) is 73.3 Å². The monoisotopic (exact) mass is 1250 g/mol. The van der Waals surface area contributed by atoms with Crippen LogP contribution in [0.2, 0.25) is 0 Å². The summed E-state index contributed by atoms with van der Waals surface area (Å²) in [5, 5.41) is 8.44. The predicted molar refractivity (Wildman–Crippen MR) is 341 cm³/mol. The largest absolute Gasteiger partial charge is 0.367 e. The minimum atomic E-state index is -1.06. The molecule has 6 fully saturated rings. The highest BCUT2D eigenvalue weighted by molar-refractivity contribution is 6.25. The number of rotatable bonds is 13.